The number of thiophene rings is 1. The maximum absolute atomic E-state index is 12.8. The quantitative estimate of drug-likeness (QED) is 0.596. The van der Waals surface area contributed by atoms with E-state index in [0.717, 1.165) is 15.6 Å². The number of hydrogen-bond acceptors (Lipinski definition) is 6. The molecule has 0 bridgehead atoms. The second kappa shape index (κ2) is 8.00. The summed E-state index contributed by atoms with van der Waals surface area (Å²) in [7, 11) is -3.66. The number of carbonyl (C=O) groups excluding carboxylic acids is 1. The second-order valence-corrected chi connectivity index (χ2v) is 9.23. The molecule has 0 unspecified atom stereocenters. The van der Waals surface area contributed by atoms with Crippen molar-refractivity contribution >= 4 is 37.4 Å². The van der Waals surface area contributed by atoms with Crippen LogP contribution in [-0.4, -0.2) is 45.0 Å². The van der Waals surface area contributed by atoms with Gasteiger partial charge in [-0.3, -0.25) is 0 Å². The molecule has 2 aromatic carbocycles. The highest BCUT2D eigenvalue weighted by Crippen LogP contribution is 2.26. The van der Waals surface area contributed by atoms with Crippen LogP contribution < -0.4 is 0 Å². The molecule has 6 nitrogen and oxygen atoms in total. The summed E-state index contributed by atoms with van der Waals surface area (Å²) in [5, 5.41) is 3.03. The summed E-state index contributed by atoms with van der Waals surface area (Å²) in [4.78, 5) is 12.6. The molecule has 1 saturated heterocycles. The van der Waals surface area contributed by atoms with Crippen LogP contribution in [0.15, 0.2) is 58.8 Å². The Morgan fingerprint density at radius 3 is 2.71 bits per heavy atom. The monoisotopic (exact) mass is 417 g/mol. The number of sulfonamides is 1. The van der Waals surface area contributed by atoms with E-state index in [1.54, 1.807) is 23.5 Å². The Labute approximate surface area is 167 Å². The van der Waals surface area contributed by atoms with Crippen molar-refractivity contribution in [2.75, 3.05) is 26.3 Å². The maximum atomic E-state index is 12.8. The molecule has 8 heteroatoms. The summed E-state index contributed by atoms with van der Waals surface area (Å²) in [6, 6.07) is 13.9. The fraction of sp³-hybridized carbons (Fsp3) is 0.250. The molecule has 4 rings (SSSR count). The minimum Gasteiger partial charge on any atom is -0.457 e. The molecule has 0 spiro atoms. The van der Waals surface area contributed by atoms with Gasteiger partial charge in [-0.05, 0) is 35.0 Å². The lowest BCUT2D eigenvalue weighted by atomic mass is 10.2. The van der Waals surface area contributed by atoms with Gasteiger partial charge >= 0.3 is 5.97 Å². The van der Waals surface area contributed by atoms with Crippen molar-refractivity contribution in [3.8, 4) is 0 Å². The van der Waals surface area contributed by atoms with Gasteiger partial charge in [0.05, 0.1) is 23.7 Å². The molecule has 2 heterocycles. The summed E-state index contributed by atoms with van der Waals surface area (Å²) in [6.07, 6.45) is 0. The van der Waals surface area contributed by atoms with Crippen LogP contribution in [-0.2, 0) is 26.1 Å². The highest BCUT2D eigenvalue weighted by Gasteiger charge is 2.27. The summed E-state index contributed by atoms with van der Waals surface area (Å²) in [5.41, 5.74) is 1.15. The number of carbonyl (C=O) groups is 1. The molecule has 146 valence electrons. The van der Waals surface area contributed by atoms with Gasteiger partial charge in [0.15, 0.2) is 0 Å². The van der Waals surface area contributed by atoms with E-state index < -0.39 is 16.0 Å². The first kappa shape index (κ1) is 19.1. The van der Waals surface area contributed by atoms with E-state index in [0.29, 0.717) is 26.3 Å². The fourth-order valence-electron chi connectivity index (χ4n) is 3.09. The molecule has 1 aliphatic rings. The van der Waals surface area contributed by atoms with Crippen LogP contribution >= 0.6 is 11.3 Å². The van der Waals surface area contributed by atoms with Crippen LogP contribution in [0.25, 0.3) is 10.1 Å². The summed E-state index contributed by atoms with van der Waals surface area (Å²) in [5.74, 6) is -0.547. The van der Waals surface area contributed by atoms with Crippen LogP contribution in [0.5, 0.6) is 0 Å². The lowest BCUT2D eigenvalue weighted by Gasteiger charge is -2.26. The first-order valence-corrected chi connectivity index (χ1v) is 11.2. The third-order valence-corrected chi connectivity index (χ3v) is 7.50. The van der Waals surface area contributed by atoms with Gasteiger partial charge in [-0.25, -0.2) is 13.2 Å². The molecule has 1 aliphatic heterocycles. The molecular weight excluding hydrogens is 398 g/mol. The van der Waals surface area contributed by atoms with Gasteiger partial charge in [-0.1, -0.05) is 24.3 Å². The van der Waals surface area contributed by atoms with Crippen LogP contribution in [0.2, 0.25) is 0 Å². The summed E-state index contributed by atoms with van der Waals surface area (Å²) in [6.45, 7) is 1.50. The molecule has 1 fully saturated rings. The van der Waals surface area contributed by atoms with Crippen LogP contribution in [0.1, 0.15) is 15.9 Å². The van der Waals surface area contributed by atoms with Gasteiger partial charge < -0.3 is 9.47 Å². The van der Waals surface area contributed by atoms with Crippen molar-refractivity contribution in [1.29, 1.82) is 0 Å². The Balaban J connectivity index is 1.50. The van der Waals surface area contributed by atoms with Crippen molar-refractivity contribution < 1.29 is 22.7 Å². The molecule has 1 aromatic heterocycles. The Morgan fingerprint density at radius 2 is 1.89 bits per heavy atom. The summed E-state index contributed by atoms with van der Waals surface area (Å²) >= 11 is 1.60. The molecular formula is C20H19NO5S2. The number of fused-ring (bicyclic) bond motifs is 1. The van der Waals surface area contributed by atoms with Gasteiger partial charge in [0, 0.05) is 23.4 Å². The molecule has 3 aromatic rings. The van der Waals surface area contributed by atoms with Gasteiger partial charge in [0.1, 0.15) is 6.61 Å². The fourth-order valence-corrected chi connectivity index (χ4v) is 5.49. The van der Waals surface area contributed by atoms with Crippen molar-refractivity contribution in [3.63, 3.8) is 0 Å². The number of benzene rings is 2. The van der Waals surface area contributed by atoms with E-state index in [4.69, 9.17) is 9.47 Å². The number of morpholine rings is 1. The standard InChI is InChI=1S/C20H19NO5S2/c22-20(26-13-16-14-27-19-7-2-1-6-18(16)19)15-4-3-5-17(12-15)28(23,24)21-8-10-25-11-9-21/h1-7,12,14H,8-11,13H2. The normalized spacial score (nSPS) is 15.6. The number of rotatable bonds is 5. The highest BCUT2D eigenvalue weighted by molar-refractivity contribution is 7.89. The topological polar surface area (TPSA) is 72.9 Å². The molecule has 0 N–H and O–H groups in total. The van der Waals surface area contributed by atoms with Crippen LogP contribution in [0, 0.1) is 0 Å². The number of nitrogens with zero attached hydrogens (tertiary/aromatic N) is 1. The largest absolute Gasteiger partial charge is 0.457 e. The minimum absolute atomic E-state index is 0.0878. The van der Waals surface area contributed by atoms with Gasteiger partial charge in [-0.2, -0.15) is 4.31 Å². The zero-order valence-corrected chi connectivity index (χ0v) is 16.7. The number of hydrogen-bond donors (Lipinski definition) is 0. The Morgan fingerprint density at radius 1 is 1.11 bits per heavy atom. The smallest absolute Gasteiger partial charge is 0.338 e. The minimum atomic E-state index is -3.66. The van der Waals surface area contributed by atoms with E-state index in [1.807, 2.05) is 29.6 Å². The van der Waals surface area contributed by atoms with E-state index in [2.05, 4.69) is 0 Å². The molecule has 0 atom stereocenters. The van der Waals surface area contributed by atoms with Crippen molar-refractivity contribution in [2.45, 2.75) is 11.5 Å². The average molecular weight is 418 g/mol. The van der Waals surface area contributed by atoms with E-state index >= 15 is 0 Å². The Hall–Kier alpha value is -2.26. The number of ether oxygens (including phenoxy) is 2. The zero-order valence-electron chi connectivity index (χ0n) is 15.0. The third kappa shape index (κ3) is 3.81. The SMILES string of the molecule is O=C(OCc1csc2ccccc12)c1cccc(S(=O)(=O)N2CCOCC2)c1. The van der Waals surface area contributed by atoms with E-state index in [1.165, 1.54) is 16.4 Å². The predicted octanol–water partition coefficient (Wildman–Crippen LogP) is 3.28. The Kier molecular flexibility index (Phi) is 5.45. The first-order valence-electron chi connectivity index (χ1n) is 8.86. The predicted molar refractivity (Wildman–Crippen MR) is 107 cm³/mol. The molecule has 0 aliphatic carbocycles. The summed E-state index contributed by atoms with van der Waals surface area (Å²) < 4.78 is 38.7. The van der Waals surface area contributed by atoms with Gasteiger partial charge in [-0.15, -0.1) is 11.3 Å². The van der Waals surface area contributed by atoms with E-state index in [-0.39, 0.29) is 17.1 Å². The lowest BCUT2D eigenvalue weighted by Crippen LogP contribution is -2.40. The third-order valence-electron chi connectivity index (χ3n) is 4.60. The average Bonchev–Trinajstić information content (AvgIpc) is 3.16. The Bertz CT molecular complexity index is 1100. The van der Waals surface area contributed by atoms with Gasteiger partial charge in [0.2, 0.25) is 10.0 Å². The second-order valence-electron chi connectivity index (χ2n) is 6.38. The number of esters is 1. The lowest BCUT2D eigenvalue weighted by molar-refractivity contribution is 0.0474. The highest BCUT2D eigenvalue weighted by atomic mass is 32.2. The van der Waals surface area contributed by atoms with Crippen LogP contribution in [0.3, 0.4) is 0 Å². The van der Waals surface area contributed by atoms with E-state index in [9.17, 15) is 13.2 Å². The maximum Gasteiger partial charge on any atom is 0.338 e. The molecule has 0 saturated carbocycles. The van der Waals surface area contributed by atoms with Crippen LogP contribution in [0.4, 0.5) is 0 Å². The molecule has 0 amide bonds. The van der Waals surface area contributed by atoms with Crippen molar-refractivity contribution in [1.82, 2.24) is 4.31 Å². The molecule has 0 radical (unpaired) electrons. The zero-order chi connectivity index (χ0) is 19.6. The first-order chi connectivity index (χ1) is 13.6. The van der Waals surface area contributed by atoms with Crippen molar-refractivity contribution in [3.05, 3.63) is 65.0 Å². The van der Waals surface area contributed by atoms with Gasteiger partial charge in [0.25, 0.3) is 0 Å². The molecule has 28 heavy (non-hydrogen) atoms. The van der Waals surface area contributed by atoms with Crippen molar-refractivity contribution in [2.24, 2.45) is 0 Å².